The Kier molecular flexibility index (Phi) is 10.1. The molecule has 2 aromatic carbocycles. The Labute approximate surface area is 215 Å². The third-order valence-electron chi connectivity index (χ3n) is 8.77. The summed E-state index contributed by atoms with van der Waals surface area (Å²) in [5, 5.41) is 0. The Hall–Kier alpha value is -2.26. The average molecular weight is 467 g/mol. The van der Waals surface area contributed by atoms with Gasteiger partial charge in [-0.15, -0.1) is 0 Å². The second-order valence-corrected chi connectivity index (χ2v) is 11.2. The number of hydrogen-bond acceptors (Lipinski definition) is 0. The topological polar surface area (TPSA) is 0 Å². The third kappa shape index (κ3) is 7.87. The maximum Gasteiger partial charge on any atom is 0.0249 e. The fourth-order valence-corrected chi connectivity index (χ4v) is 6.23. The van der Waals surface area contributed by atoms with Crippen LogP contribution in [-0.4, -0.2) is 0 Å². The Morgan fingerprint density at radius 1 is 0.714 bits per heavy atom. The van der Waals surface area contributed by atoms with Gasteiger partial charge in [0.15, 0.2) is 0 Å². The molecule has 2 aromatic rings. The van der Waals surface area contributed by atoms with Crippen LogP contribution in [0.25, 0.3) is 0 Å². The summed E-state index contributed by atoms with van der Waals surface area (Å²) in [4.78, 5) is 0. The van der Waals surface area contributed by atoms with Gasteiger partial charge in [-0.05, 0) is 123 Å². The Morgan fingerprint density at radius 2 is 1.31 bits per heavy atom. The van der Waals surface area contributed by atoms with Crippen molar-refractivity contribution < 1.29 is 0 Å². The van der Waals surface area contributed by atoms with Crippen LogP contribution in [0, 0.1) is 23.7 Å². The molecule has 0 atom stereocenters. The lowest BCUT2D eigenvalue weighted by atomic mass is 9.78. The largest absolute Gasteiger partial charge is 0.0730 e. The monoisotopic (exact) mass is 466 g/mol. The van der Waals surface area contributed by atoms with Gasteiger partial charge in [-0.25, -0.2) is 0 Å². The van der Waals surface area contributed by atoms with Crippen molar-refractivity contribution in [1.29, 1.82) is 0 Å². The Morgan fingerprint density at radius 3 is 1.91 bits per heavy atom. The molecule has 0 aromatic heterocycles. The second kappa shape index (κ2) is 13.7. The zero-order valence-electron chi connectivity index (χ0n) is 22.3. The van der Waals surface area contributed by atoms with Crippen molar-refractivity contribution in [3.8, 4) is 11.8 Å². The van der Waals surface area contributed by atoms with Crippen molar-refractivity contribution in [2.75, 3.05) is 0 Å². The molecule has 0 spiro atoms. The average Bonchev–Trinajstić information content (AvgIpc) is 2.92. The van der Waals surface area contributed by atoms with Gasteiger partial charge < -0.3 is 0 Å². The quantitative estimate of drug-likeness (QED) is 0.268. The molecule has 0 amide bonds. The molecule has 0 heteroatoms. The van der Waals surface area contributed by atoms with Crippen molar-refractivity contribution >= 4 is 0 Å². The van der Waals surface area contributed by atoms with E-state index in [9.17, 15) is 0 Å². The zero-order chi connectivity index (χ0) is 24.3. The van der Waals surface area contributed by atoms with Crippen LogP contribution in [0.1, 0.15) is 125 Å². The van der Waals surface area contributed by atoms with Gasteiger partial charge in [-0.2, -0.15) is 0 Å². The van der Waals surface area contributed by atoms with Crippen molar-refractivity contribution in [1.82, 2.24) is 0 Å². The molecule has 0 saturated heterocycles. The van der Waals surface area contributed by atoms with E-state index < -0.39 is 0 Å². The standard InChI is InChI=1S/C35H46/c1-3-5-6-9-29-14-22-34(23-15-29)35-26-18-31(19-27-35)11-8-7-10-30-16-24-33(25-17-30)32-20-12-28(4-2)13-21-32/h8,11,14-17,22-25,28,31-32,35H,3-6,9,12-13,18-21,26-27H2,1-2H3/b11-8+. The van der Waals surface area contributed by atoms with Gasteiger partial charge in [0.1, 0.15) is 0 Å². The molecule has 0 aliphatic heterocycles. The van der Waals surface area contributed by atoms with Gasteiger partial charge in [-0.1, -0.05) is 87.4 Å². The Balaban J connectivity index is 1.20. The lowest BCUT2D eigenvalue weighted by Gasteiger charge is -2.28. The van der Waals surface area contributed by atoms with E-state index in [1.54, 1.807) is 5.56 Å². The summed E-state index contributed by atoms with van der Waals surface area (Å²) in [6, 6.07) is 18.6. The highest BCUT2D eigenvalue weighted by Crippen LogP contribution is 2.37. The number of allylic oxidation sites excluding steroid dienone is 2. The first-order valence-electron chi connectivity index (χ1n) is 14.6. The minimum Gasteiger partial charge on any atom is -0.0730 e. The molecule has 186 valence electrons. The van der Waals surface area contributed by atoms with E-state index in [1.807, 2.05) is 0 Å². The normalized spacial score (nSPS) is 24.7. The molecule has 4 rings (SSSR count). The van der Waals surface area contributed by atoms with E-state index in [4.69, 9.17) is 0 Å². The maximum atomic E-state index is 3.35. The maximum absolute atomic E-state index is 3.35. The van der Waals surface area contributed by atoms with E-state index in [1.165, 1.54) is 94.6 Å². The second-order valence-electron chi connectivity index (χ2n) is 11.2. The first kappa shape index (κ1) is 25.8. The molecule has 0 N–H and O–H groups in total. The number of benzene rings is 2. The molecule has 0 nitrogen and oxygen atoms in total. The Bertz CT molecular complexity index is 949. The number of rotatable bonds is 8. The molecule has 2 aliphatic rings. The summed E-state index contributed by atoms with van der Waals surface area (Å²) in [7, 11) is 0. The van der Waals surface area contributed by atoms with E-state index in [-0.39, 0.29) is 0 Å². The van der Waals surface area contributed by atoms with Gasteiger partial charge in [0.05, 0.1) is 0 Å². The van der Waals surface area contributed by atoms with E-state index in [2.05, 4.69) is 86.4 Å². The van der Waals surface area contributed by atoms with Gasteiger partial charge >= 0.3 is 0 Å². The number of hydrogen-bond donors (Lipinski definition) is 0. The first-order valence-corrected chi connectivity index (χ1v) is 14.6. The molecule has 2 aliphatic carbocycles. The summed E-state index contributed by atoms with van der Waals surface area (Å²) in [5.74, 6) is 9.81. The smallest absolute Gasteiger partial charge is 0.0249 e. The fourth-order valence-electron chi connectivity index (χ4n) is 6.23. The predicted molar refractivity (Wildman–Crippen MR) is 152 cm³/mol. The molecule has 0 bridgehead atoms. The van der Waals surface area contributed by atoms with Crippen molar-refractivity contribution in [2.24, 2.45) is 11.8 Å². The van der Waals surface area contributed by atoms with Gasteiger partial charge in [0.25, 0.3) is 0 Å². The molecular formula is C35H46. The van der Waals surface area contributed by atoms with Gasteiger partial charge in [0, 0.05) is 5.56 Å². The number of aryl methyl sites for hydroxylation is 1. The van der Waals surface area contributed by atoms with Crippen LogP contribution in [0.2, 0.25) is 0 Å². The van der Waals surface area contributed by atoms with Crippen LogP contribution in [0.3, 0.4) is 0 Å². The van der Waals surface area contributed by atoms with Crippen LogP contribution in [0.4, 0.5) is 0 Å². The fraction of sp³-hybridized carbons (Fsp3) is 0.543. The molecular weight excluding hydrogens is 420 g/mol. The van der Waals surface area contributed by atoms with Crippen LogP contribution >= 0.6 is 0 Å². The molecule has 0 heterocycles. The molecule has 0 unspecified atom stereocenters. The number of unbranched alkanes of at least 4 members (excludes halogenated alkanes) is 2. The highest BCUT2D eigenvalue weighted by Gasteiger charge is 2.21. The summed E-state index contributed by atoms with van der Waals surface area (Å²) in [6.45, 7) is 4.62. The molecule has 35 heavy (non-hydrogen) atoms. The van der Waals surface area contributed by atoms with Gasteiger partial charge in [0.2, 0.25) is 0 Å². The zero-order valence-corrected chi connectivity index (χ0v) is 22.3. The van der Waals surface area contributed by atoms with Crippen LogP contribution in [-0.2, 0) is 6.42 Å². The highest BCUT2D eigenvalue weighted by atomic mass is 14.3. The lowest BCUT2D eigenvalue weighted by molar-refractivity contribution is 0.319. The SMILES string of the molecule is CCCCCc1ccc(C2CCC(/C=C/C#Cc3ccc(C4CCC(CC)CC4)cc3)CC2)cc1. The summed E-state index contributed by atoms with van der Waals surface area (Å²) in [5.41, 5.74) is 5.71. The van der Waals surface area contributed by atoms with Crippen molar-refractivity contribution in [3.63, 3.8) is 0 Å². The minimum absolute atomic E-state index is 0.689. The van der Waals surface area contributed by atoms with E-state index in [0.29, 0.717) is 5.92 Å². The van der Waals surface area contributed by atoms with Crippen LogP contribution < -0.4 is 0 Å². The van der Waals surface area contributed by atoms with Crippen LogP contribution in [0.5, 0.6) is 0 Å². The third-order valence-corrected chi connectivity index (χ3v) is 8.77. The molecule has 2 saturated carbocycles. The lowest BCUT2D eigenvalue weighted by Crippen LogP contribution is -2.12. The highest BCUT2D eigenvalue weighted by molar-refractivity contribution is 5.39. The van der Waals surface area contributed by atoms with Gasteiger partial charge in [-0.3, -0.25) is 0 Å². The minimum atomic E-state index is 0.689. The molecule has 2 fully saturated rings. The van der Waals surface area contributed by atoms with Crippen LogP contribution in [0.15, 0.2) is 60.7 Å². The predicted octanol–water partition coefficient (Wildman–Crippen LogP) is 9.98. The van der Waals surface area contributed by atoms with E-state index in [0.717, 1.165) is 23.3 Å². The molecule has 0 radical (unpaired) electrons. The van der Waals surface area contributed by atoms with Crippen molar-refractivity contribution in [3.05, 3.63) is 82.9 Å². The summed E-state index contributed by atoms with van der Waals surface area (Å²) in [6.07, 6.45) is 21.7. The first-order chi connectivity index (χ1) is 17.2. The van der Waals surface area contributed by atoms with Crippen molar-refractivity contribution in [2.45, 2.75) is 109 Å². The summed E-state index contributed by atoms with van der Waals surface area (Å²) < 4.78 is 0. The van der Waals surface area contributed by atoms with E-state index >= 15 is 0 Å². The summed E-state index contributed by atoms with van der Waals surface area (Å²) >= 11 is 0.